The molecule has 2 aromatic carbocycles. The maximum Gasteiger partial charge on any atom is 0.258 e. The summed E-state index contributed by atoms with van der Waals surface area (Å²) in [5.74, 6) is 0.802. The van der Waals surface area contributed by atoms with Crippen LogP contribution in [0.3, 0.4) is 0 Å². The second-order valence-corrected chi connectivity index (χ2v) is 9.37. The van der Waals surface area contributed by atoms with E-state index in [1.807, 2.05) is 54.4 Å². The highest BCUT2D eigenvalue weighted by Crippen LogP contribution is 2.38. The number of hydrogen-bond donors (Lipinski definition) is 1. The molecule has 2 N–H and O–H groups in total. The molecule has 0 amide bonds. The molecule has 29 heavy (non-hydrogen) atoms. The minimum Gasteiger partial charge on any atom is -0.497 e. The summed E-state index contributed by atoms with van der Waals surface area (Å²) < 4.78 is 6.91. The Bertz CT molecular complexity index is 1060. The number of ether oxygens (including phenoxy) is 1. The standard InChI is InChI=1S/C23H25ClN2O2S/c1-28-18-6-2-15(3-7-18)14-26-11-10-16-12-22(21(24)13-20(16)23(26)27)29-19-8-4-17(25)5-9-19/h2-3,6-7,10-13,17,19H,4-5,8-9,14,25H2,1H3. The zero-order valence-electron chi connectivity index (χ0n) is 16.4. The Hall–Kier alpha value is -1.95. The van der Waals surface area contributed by atoms with Crippen molar-refractivity contribution in [3.63, 3.8) is 0 Å². The minimum absolute atomic E-state index is 0.0274. The zero-order chi connectivity index (χ0) is 20.4. The molecule has 0 aliphatic heterocycles. The fourth-order valence-corrected chi connectivity index (χ4v) is 5.34. The Morgan fingerprint density at radius 1 is 1.14 bits per heavy atom. The van der Waals surface area contributed by atoms with E-state index in [2.05, 4.69) is 6.07 Å². The Morgan fingerprint density at radius 2 is 1.86 bits per heavy atom. The van der Waals surface area contributed by atoms with E-state index in [1.165, 1.54) is 0 Å². The maximum absolute atomic E-state index is 13.0. The van der Waals surface area contributed by atoms with Crippen molar-refractivity contribution < 1.29 is 4.74 Å². The van der Waals surface area contributed by atoms with Crippen LogP contribution in [0, 0.1) is 0 Å². The van der Waals surface area contributed by atoms with E-state index >= 15 is 0 Å². The second kappa shape index (κ2) is 8.82. The van der Waals surface area contributed by atoms with Crippen molar-refractivity contribution in [1.29, 1.82) is 0 Å². The quantitative estimate of drug-likeness (QED) is 0.616. The maximum atomic E-state index is 13.0. The number of nitrogens with zero attached hydrogens (tertiary/aromatic N) is 1. The lowest BCUT2D eigenvalue weighted by Gasteiger charge is -2.25. The van der Waals surface area contributed by atoms with Gasteiger partial charge in [0.15, 0.2) is 0 Å². The molecule has 1 aromatic heterocycles. The number of nitrogens with two attached hydrogens (primary N) is 1. The Morgan fingerprint density at radius 3 is 2.55 bits per heavy atom. The van der Waals surface area contributed by atoms with Gasteiger partial charge in [0.2, 0.25) is 0 Å². The van der Waals surface area contributed by atoms with Crippen LogP contribution in [0.2, 0.25) is 5.02 Å². The molecule has 0 unspecified atom stereocenters. The van der Waals surface area contributed by atoms with Gasteiger partial charge in [0.05, 0.1) is 18.7 Å². The van der Waals surface area contributed by atoms with Crippen LogP contribution in [-0.2, 0) is 6.54 Å². The van der Waals surface area contributed by atoms with Crippen LogP contribution in [0.15, 0.2) is 58.4 Å². The number of hydrogen-bond acceptors (Lipinski definition) is 4. The molecule has 4 nitrogen and oxygen atoms in total. The predicted octanol–water partition coefficient (Wildman–Crippen LogP) is 5.07. The lowest BCUT2D eigenvalue weighted by atomic mass is 9.96. The largest absolute Gasteiger partial charge is 0.497 e. The van der Waals surface area contributed by atoms with Crippen LogP contribution in [0.25, 0.3) is 10.8 Å². The van der Waals surface area contributed by atoms with Gasteiger partial charge in [-0.25, -0.2) is 0 Å². The van der Waals surface area contributed by atoms with Crippen LogP contribution in [-0.4, -0.2) is 23.0 Å². The van der Waals surface area contributed by atoms with Crippen molar-refractivity contribution in [2.24, 2.45) is 5.73 Å². The van der Waals surface area contributed by atoms with E-state index in [0.717, 1.165) is 47.3 Å². The molecule has 0 radical (unpaired) electrons. The normalized spacial score (nSPS) is 19.4. The summed E-state index contributed by atoms with van der Waals surface area (Å²) in [6.07, 6.45) is 6.22. The lowest BCUT2D eigenvalue weighted by Crippen LogP contribution is -2.27. The fourth-order valence-electron chi connectivity index (χ4n) is 3.81. The van der Waals surface area contributed by atoms with Gasteiger partial charge < -0.3 is 15.0 Å². The van der Waals surface area contributed by atoms with Gasteiger partial charge in [-0.2, -0.15) is 0 Å². The van der Waals surface area contributed by atoms with Gasteiger partial charge in [0.25, 0.3) is 5.56 Å². The summed E-state index contributed by atoms with van der Waals surface area (Å²) in [6, 6.07) is 14.0. The topological polar surface area (TPSA) is 57.2 Å². The number of methoxy groups -OCH3 is 1. The molecule has 1 aliphatic carbocycles. The monoisotopic (exact) mass is 428 g/mol. The third kappa shape index (κ3) is 4.63. The molecule has 1 heterocycles. The van der Waals surface area contributed by atoms with Crippen molar-refractivity contribution in [1.82, 2.24) is 4.57 Å². The number of aromatic nitrogens is 1. The average molecular weight is 429 g/mol. The van der Waals surface area contributed by atoms with E-state index in [0.29, 0.717) is 28.2 Å². The molecule has 4 rings (SSSR count). The fraction of sp³-hybridized carbons (Fsp3) is 0.348. The smallest absolute Gasteiger partial charge is 0.258 e. The minimum atomic E-state index is -0.0274. The van der Waals surface area contributed by atoms with E-state index < -0.39 is 0 Å². The SMILES string of the molecule is COc1ccc(Cn2ccc3cc(SC4CCC(N)CC4)c(Cl)cc3c2=O)cc1. The molecular formula is C23H25ClN2O2S. The Balaban J connectivity index is 1.58. The van der Waals surface area contributed by atoms with Crippen molar-refractivity contribution in [3.8, 4) is 5.75 Å². The van der Waals surface area contributed by atoms with Crippen LogP contribution in [0.1, 0.15) is 31.2 Å². The van der Waals surface area contributed by atoms with Gasteiger partial charge >= 0.3 is 0 Å². The Labute approximate surface area is 180 Å². The number of halogens is 1. The summed E-state index contributed by atoms with van der Waals surface area (Å²) >= 11 is 8.38. The third-order valence-corrected chi connectivity index (χ3v) is 7.38. The van der Waals surface area contributed by atoms with Gasteiger partial charge in [-0.1, -0.05) is 23.7 Å². The van der Waals surface area contributed by atoms with Crippen molar-refractivity contribution >= 4 is 34.1 Å². The molecule has 3 aromatic rings. The molecule has 0 spiro atoms. The summed E-state index contributed by atoms with van der Waals surface area (Å²) in [4.78, 5) is 14.1. The molecule has 0 bridgehead atoms. The average Bonchev–Trinajstić information content (AvgIpc) is 2.73. The zero-order valence-corrected chi connectivity index (χ0v) is 18.0. The predicted molar refractivity (Wildman–Crippen MR) is 121 cm³/mol. The molecule has 6 heteroatoms. The first-order chi connectivity index (χ1) is 14.0. The molecule has 152 valence electrons. The number of pyridine rings is 1. The van der Waals surface area contributed by atoms with E-state index in [1.54, 1.807) is 11.7 Å². The molecule has 1 fully saturated rings. The number of rotatable bonds is 5. The first kappa shape index (κ1) is 20.3. The molecule has 0 saturated heterocycles. The van der Waals surface area contributed by atoms with E-state index in [-0.39, 0.29) is 5.56 Å². The summed E-state index contributed by atoms with van der Waals surface area (Å²) in [5, 5.41) is 2.78. The molecule has 0 atom stereocenters. The first-order valence-electron chi connectivity index (χ1n) is 9.91. The Kier molecular flexibility index (Phi) is 6.18. The van der Waals surface area contributed by atoms with Crippen LogP contribution < -0.4 is 16.0 Å². The highest BCUT2D eigenvalue weighted by molar-refractivity contribution is 8.00. The summed E-state index contributed by atoms with van der Waals surface area (Å²) in [6.45, 7) is 0.509. The number of benzene rings is 2. The third-order valence-electron chi connectivity index (χ3n) is 5.55. The highest BCUT2D eigenvalue weighted by Gasteiger charge is 2.20. The summed E-state index contributed by atoms with van der Waals surface area (Å²) in [5.41, 5.74) is 7.03. The van der Waals surface area contributed by atoms with Crippen LogP contribution >= 0.6 is 23.4 Å². The molecule has 1 saturated carbocycles. The molecule has 1 aliphatic rings. The summed E-state index contributed by atoms with van der Waals surface area (Å²) in [7, 11) is 1.64. The highest BCUT2D eigenvalue weighted by atomic mass is 35.5. The van der Waals surface area contributed by atoms with Crippen molar-refractivity contribution in [2.75, 3.05) is 7.11 Å². The van der Waals surface area contributed by atoms with Crippen molar-refractivity contribution in [3.05, 3.63) is 69.6 Å². The number of fused-ring (bicyclic) bond motifs is 1. The van der Waals surface area contributed by atoms with Gasteiger partial charge in [0.1, 0.15) is 5.75 Å². The number of thioether (sulfide) groups is 1. The van der Waals surface area contributed by atoms with Crippen molar-refractivity contribution in [2.45, 2.75) is 48.4 Å². The van der Waals surface area contributed by atoms with Gasteiger partial charge in [0, 0.05) is 27.8 Å². The lowest BCUT2D eigenvalue weighted by molar-refractivity contribution is 0.414. The second-order valence-electron chi connectivity index (χ2n) is 7.62. The van der Waals surface area contributed by atoms with Gasteiger partial charge in [-0.3, -0.25) is 4.79 Å². The van der Waals surface area contributed by atoms with Crippen LogP contribution in [0.5, 0.6) is 5.75 Å². The van der Waals surface area contributed by atoms with Gasteiger partial charge in [-0.05, 0) is 67.0 Å². The molecular weight excluding hydrogens is 404 g/mol. The van der Waals surface area contributed by atoms with Gasteiger partial charge in [-0.15, -0.1) is 11.8 Å². The van der Waals surface area contributed by atoms with Crippen LogP contribution in [0.4, 0.5) is 0 Å². The first-order valence-corrected chi connectivity index (χ1v) is 11.2. The van der Waals surface area contributed by atoms with E-state index in [4.69, 9.17) is 22.1 Å². The van der Waals surface area contributed by atoms with E-state index in [9.17, 15) is 4.79 Å².